The smallest absolute Gasteiger partial charge is 0.0481 e. The summed E-state index contributed by atoms with van der Waals surface area (Å²) in [7, 11) is 4.19. The molecule has 1 aromatic heterocycles. The van der Waals surface area contributed by atoms with Crippen molar-refractivity contribution in [3.8, 4) is 0 Å². The summed E-state index contributed by atoms with van der Waals surface area (Å²) in [6, 6.07) is 9.33. The topological polar surface area (TPSA) is 20.2 Å². The van der Waals surface area contributed by atoms with Crippen molar-refractivity contribution in [2.75, 3.05) is 20.1 Å². The van der Waals surface area contributed by atoms with Crippen molar-refractivity contribution in [1.29, 1.82) is 0 Å². The summed E-state index contributed by atoms with van der Waals surface area (Å²) >= 11 is 0. The van der Waals surface area contributed by atoms with Crippen LogP contribution in [0.1, 0.15) is 12.0 Å². The molecular weight excluding hydrogens is 222 g/mol. The van der Waals surface area contributed by atoms with E-state index >= 15 is 0 Å². The standard InChI is InChI=1S/C15H21N3/c1-16-13-7-8-18(11-13)10-12-9-17(2)15-6-4-3-5-14(12)15/h3-6,9,13,16H,7-8,10-11H2,1-2H3. The Morgan fingerprint density at radius 1 is 1.33 bits per heavy atom. The Morgan fingerprint density at radius 3 is 2.94 bits per heavy atom. The van der Waals surface area contributed by atoms with Crippen LogP contribution in [0.15, 0.2) is 30.5 Å². The second-order valence-corrected chi connectivity index (χ2v) is 5.29. The molecule has 0 bridgehead atoms. The van der Waals surface area contributed by atoms with Gasteiger partial charge in [0.2, 0.25) is 0 Å². The normalized spacial score (nSPS) is 20.9. The van der Waals surface area contributed by atoms with E-state index in [1.165, 1.54) is 36.0 Å². The van der Waals surface area contributed by atoms with Crippen LogP contribution in [0.2, 0.25) is 0 Å². The number of nitrogens with zero attached hydrogens (tertiary/aromatic N) is 2. The first-order valence-corrected chi connectivity index (χ1v) is 6.70. The Morgan fingerprint density at radius 2 is 2.17 bits per heavy atom. The van der Waals surface area contributed by atoms with Crippen molar-refractivity contribution in [2.45, 2.75) is 19.0 Å². The predicted octanol–water partition coefficient (Wildman–Crippen LogP) is 1.97. The fourth-order valence-electron chi connectivity index (χ4n) is 3.00. The Labute approximate surface area is 108 Å². The second kappa shape index (κ2) is 4.75. The molecule has 0 amide bonds. The van der Waals surface area contributed by atoms with E-state index in [0.717, 1.165) is 6.54 Å². The van der Waals surface area contributed by atoms with E-state index in [1.807, 2.05) is 0 Å². The minimum absolute atomic E-state index is 0.667. The minimum atomic E-state index is 0.667. The number of hydrogen-bond acceptors (Lipinski definition) is 2. The van der Waals surface area contributed by atoms with Crippen LogP contribution in [0.4, 0.5) is 0 Å². The van der Waals surface area contributed by atoms with Crippen LogP contribution >= 0.6 is 0 Å². The average molecular weight is 243 g/mol. The predicted molar refractivity (Wildman–Crippen MR) is 75.7 cm³/mol. The lowest BCUT2D eigenvalue weighted by Gasteiger charge is -2.15. The van der Waals surface area contributed by atoms with Crippen LogP contribution in [-0.2, 0) is 13.6 Å². The lowest BCUT2D eigenvalue weighted by molar-refractivity contribution is 0.323. The monoisotopic (exact) mass is 243 g/mol. The fourth-order valence-corrected chi connectivity index (χ4v) is 3.00. The first-order chi connectivity index (χ1) is 8.78. The van der Waals surface area contributed by atoms with Crippen molar-refractivity contribution in [3.63, 3.8) is 0 Å². The van der Waals surface area contributed by atoms with Crippen LogP contribution in [0, 0.1) is 0 Å². The van der Waals surface area contributed by atoms with Crippen molar-refractivity contribution in [1.82, 2.24) is 14.8 Å². The molecule has 1 fully saturated rings. The molecule has 3 heteroatoms. The molecule has 3 rings (SSSR count). The molecule has 2 aromatic rings. The largest absolute Gasteiger partial charge is 0.350 e. The zero-order chi connectivity index (χ0) is 12.5. The molecule has 3 nitrogen and oxygen atoms in total. The molecule has 0 spiro atoms. The van der Waals surface area contributed by atoms with E-state index < -0.39 is 0 Å². The Kier molecular flexibility index (Phi) is 3.10. The summed E-state index contributed by atoms with van der Waals surface area (Å²) in [5.41, 5.74) is 2.78. The van der Waals surface area contributed by atoms with Gasteiger partial charge in [0.05, 0.1) is 0 Å². The molecule has 1 atom stereocenters. The minimum Gasteiger partial charge on any atom is -0.350 e. The van der Waals surface area contributed by atoms with Gasteiger partial charge in [-0.05, 0) is 25.1 Å². The lowest BCUT2D eigenvalue weighted by atomic mass is 10.1. The third kappa shape index (κ3) is 2.04. The maximum absolute atomic E-state index is 3.38. The number of nitrogens with one attached hydrogen (secondary N) is 1. The number of benzene rings is 1. The lowest BCUT2D eigenvalue weighted by Crippen LogP contribution is -2.29. The van der Waals surface area contributed by atoms with E-state index in [9.17, 15) is 0 Å². The molecule has 0 radical (unpaired) electrons. The van der Waals surface area contributed by atoms with Gasteiger partial charge in [-0.3, -0.25) is 4.90 Å². The van der Waals surface area contributed by atoms with Gasteiger partial charge in [-0.1, -0.05) is 18.2 Å². The van der Waals surface area contributed by atoms with Crippen molar-refractivity contribution < 1.29 is 0 Å². The second-order valence-electron chi connectivity index (χ2n) is 5.29. The molecule has 0 saturated carbocycles. The molecule has 96 valence electrons. The van der Waals surface area contributed by atoms with Crippen molar-refractivity contribution in [3.05, 3.63) is 36.0 Å². The maximum atomic E-state index is 3.38. The molecule has 1 aliphatic heterocycles. The maximum Gasteiger partial charge on any atom is 0.0481 e. The third-order valence-electron chi connectivity index (χ3n) is 4.05. The molecule has 1 unspecified atom stereocenters. The molecule has 1 aliphatic rings. The van der Waals surface area contributed by atoms with E-state index in [0.29, 0.717) is 6.04 Å². The summed E-state index contributed by atoms with van der Waals surface area (Å²) in [6.07, 6.45) is 3.54. The number of aryl methyl sites for hydroxylation is 1. The number of likely N-dealkylation sites (tertiary alicyclic amines) is 1. The molecule has 2 heterocycles. The number of para-hydroxylation sites is 1. The summed E-state index contributed by atoms with van der Waals surface area (Å²) in [5, 5.41) is 4.77. The number of likely N-dealkylation sites (N-methyl/N-ethyl adjacent to an activating group) is 1. The highest BCUT2D eigenvalue weighted by Gasteiger charge is 2.21. The zero-order valence-electron chi connectivity index (χ0n) is 11.2. The van der Waals surface area contributed by atoms with Gasteiger partial charge in [0.1, 0.15) is 0 Å². The quantitative estimate of drug-likeness (QED) is 0.889. The van der Waals surface area contributed by atoms with E-state index in [1.54, 1.807) is 0 Å². The summed E-state index contributed by atoms with van der Waals surface area (Å²) in [4.78, 5) is 2.54. The Balaban J connectivity index is 1.83. The fraction of sp³-hybridized carbons (Fsp3) is 0.467. The van der Waals surface area contributed by atoms with Crippen LogP contribution < -0.4 is 5.32 Å². The van der Waals surface area contributed by atoms with Gasteiger partial charge >= 0.3 is 0 Å². The van der Waals surface area contributed by atoms with Gasteiger partial charge in [0.25, 0.3) is 0 Å². The number of fused-ring (bicyclic) bond motifs is 1. The molecule has 0 aliphatic carbocycles. The van der Waals surface area contributed by atoms with E-state index in [-0.39, 0.29) is 0 Å². The van der Waals surface area contributed by atoms with Crippen LogP contribution in [-0.4, -0.2) is 35.6 Å². The molecule has 1 aromatic carbocycles. The number of rotatable bonds is 3. The summed E-state index contributed by atoms with van der Waals surface area (Å²) in [6.45, 7) is 3.44. The average Bonchev–Trinajstić information content (AvgIpc) is 2.97. The Bertz CT molecular complexity index is 544. The van der Waals surface area contributed by atoms with Crippen molar-refractivity contribution in [2.24, 2.45) is 7.05 Å². The molecule has 18 heavy (non-hydrogen) atoms. The Hall–Kier alpha value is -1.32. The van der Waals surface area contributed by atoms with Crippen molar-refractivity contribution >= 4 is 10.9 Å². The van der Waals surface area contributed by atoms with Gasteiger partial charge < -0.3 is 9.88 Å². The van der Waals surface area contributed by atoms with Gasteiger partial charge in [-0.25, -0.2) is 0 Å². The van der Waals surface area contributed by atoms with Crippen LogP contribution in [0.25, 0.3) is 10.9 Å². The van der Waals surface area contributed by atoms with Gasteiger partial charge in [0, 0.05) is 49.8 Å². The first kappa shape index (κ1) is 11.8. The first-order valence-electron chi connectivity index (χ1n) is 6.70. The highest BCUT2D eigenvalue weighted by molar-refractivity contribution is 5.83. The van der Waals surface area contributed by atoms with Crippen LogP contribution in [0.3, 0.4) is 0 Å². The van der Waals surface area contributed by atoms with Crippen LogP contribution in [0.5, 0.6) is 0 Å². The van der Waals surface area contributed by atoms with Gasteiger partial charge in [0.15, 0.2) is 0 Å². The zero-order valence-corrected chi connectivity index (χ0v) is 11.2. The SMILES string of the molecule is CNC1CCN(Cc2cn(C)c3ccccc23)C1. The van der Waals surface area contributed by atoms with Gasteiger partial charge in [-0.2, -0.15) is 0 Å². The van der Waals surface area contributed by atoms with E-state index in [2.05, 4.69) is 59.3 Å². The highest BCUT2D eigenvalue weighted by Crippen LogP contribution is 2.23. The van der Waals surface area contributed by atoms with E-state index in [4.69, 9.17) is 0 Å². The summed E-state index contributed by atoms with van der Waals surface area (Å²) < 4.78 is 2.23. The van der Waals surface area contributed by atoms with Gasteiger partial charge in [-0.15, -0.1) is 0 Å². The third-order valence-corrected chi connectivity index (χ3v) is 4.05. The number of hydrogen-bond donors (Lipinski definition) is 1. The molecule has 1 N–H and O–H groups in total. The highest BCUT2D eigenvalue weighted by atomic mass is 15.2. The number of aromatic nitrogens is 1. The summed E-state index contributed by atoms with van der Waals surface area (Å²) in [5.74, 6) is 0. The molecule has 1 saturated heterocycles. The molecular formula is C15H21N3.